The van der Waals surface area contributed by atoms with Gasteiger partial charge in [0, 0.05) is 16.5 Å². The van der Waals surface area contributed by atoms with E-state index in [1.165, 1.54) is 124 Å². The second-order valence-corrected chi connectivity index (χ2v) is 13.2. The van der Waals surface area contributed by atoms with E-state index in [4.69, 9.17) is 9.98 Å². The smallest absolute Gasteiger partial charge is 0.0639 e. The van der Waals surface area contributed by atoms with Gasteiger partial charge in [-0.2, -0.15) is 0 Å². The van der Waals surface area contributed by atoms with Gasteiger partial charge in [-0.15, -0.1) is 0 Å². The number of aryl methyl sites for hydroxylation is 4. The molecule has 0 radical (unpaired) electrons. The average Bonchev–Trinajstić information content (AvgIpc) is 3.02. The molecule has 2 aromatic rings. The maximum absolute atomic E-state index is 5.48. The zero-order valence-corrected chi connectivity index (χ0v) is 31.2. The number of hydrogen-bond donors (Lipinski definition) is 0. The van der Waals surface area contributed by atoms with E-state index in [-0.39, 0.29) is 16.5 Å². The minimum atomic E-state index is 0. The molecule has 2 rings (SSSR count). The molecular formula is C42H68N2Ni. The van der Waals surface area contributed by atoms with E-state index in [1.54, 1.807) is 0 Å². The second-order valence-electron chi connectivity index (χ2n) is 13.2. The van der Waals surface area contributed by atoms with Gasteiger partial charge in [0.2, 0.25) is 0 Å². The summed E-state index contributed by atoms with van der Waals surface area (Å²) in [4.78, 5) is 11.0. The Morgan fingerprint density at radius 3 is 0.889 bits per heavy atom. The Bertz CT molecular complexity index is 956. The van der Waals surface area contributed by atoms with Crippen LogP contribution in [0.3, 0.4) is 0 Å². The predicted octanol–water partition coefficient (Wildman–Crippen LogP) is 13.8. The number of rotatable bonds is 25. The molecule has 3 heteroatoms. The summed E-state index contributed by atoms with van der Waals surface area (Å²) in [5.41, 5.74) is 10.6. The van der Waals surface area contributed by atoms with E-state index in [1.807, 2.05) is 0 Å². The van der Waals surface area contributed by atoms with Crippen LogP contribution in [0.15, 0.2) is 46.4 Å². The van der Waals surface area contributed by atoms with Crippen LogP contribution in [0.25, 0.3) is 0 Å². The summed E-state index contributed by atoms with van der Waals surface area (Å²) >= 11 is 0. The third kappa shape index (κ3) is 17.7. The van der Waals surface area contributed by atoms with Gasteiger partial charge in [-0.1, -0.05) is 118 Å². The number of unbranched alkanes of at least 4 members (excludes halogenated alkanes) is 10. The van der Waals surface area contributed by atoms with Gasteiger partial charge in [0.1, 0.15) is 0 Å². The van der Waals surface area contributed by atoms with Crippen molar-refractivity contribution in [2.75, 3.05) is 0 Å². The van der Waals surface area contributed by atoms with Crippen molar-refractivity contribution in [2.45, 2.75) is 183 Å². The van der Waals surface area contributed by atoms with Crippen LogP contribution in [0.1, 0.15) is 179 Å². The van der Waals surface area contributed by atoms with Crippen LogP contribution in [0.2, 0.25) is 0 Å². The van der Waals surface area contributed by atoms with E-state index >= 15 is 0 Å². The van der Waals surface area contributed by atoms with Crippen LogP contribution in [0, 0.1) is 0 Å². The van der Waals surface area contributed by atoms with Crippen LogP contribution >= 0.6 is 0 Å². The molecular weight excluding hydrogens is 591 g/mol. The summed E-state index contributed by atoms with van der Waals surface area (Å²) < 4.78 is 0. The molecule has 0 aromatic heterocycles. The minimum Gasteiger partial charge on any atom is -0.252 e. The topological polar surface area (TPSA) is 24.7 Å². The van der Waals surface area contributed by atoms with Gasteiger partial charge in [0.25, 0.3) is 0 Å². The standard InChI is InChI=1S/C42H68N2.Ni/c1-7-13-19-23-35-29-36(24-20-14-8-2)32-39(31-35)43-41(27-17-11-5)42(28-18-12-6)44-40-33-37(25-21-15-9-3)30-38(34-40)26-22-16-10-4;/h29-34H,7-28H2,1-6H3;. The Labute approximate surface area is 289 Å². The van der Waals surface area contributed by atoms with Crippen LogP contribution in [-0.2, 0) is 42.2 Å². The molecule has 0 bridgehead atoms. The quantitative estimate of drug-likeness (QED) is 0.0576. The molecule has 0 spiro atoms. The minimum absolute atomic E-state index is 0. The van der Waals surface area contributed by atoms with Gasteiger partial charge < -0.3 is 0 Å². The summed E-state index contributed by atoms with van der Waals surface area (Å²) in [6.07, 6.45) is 26.6. The largest absolute Gasteiger partial charge is 0.252 e. The van der Waals surface area contributed by atoms with E-state index in [0.29, 0.717) is 0 Å². The van der Waals surface area contributed by atoms with Gasteiger partial charge in [-0.05, 0) is 124 Å². The third-order valence-electron chi connectivity index (χ3n) is 8.75. The SMILES string of the molecule is CCCCCc1cc(CCCCC)cc(N=C(CCCC)C(CCCC)=Nc2cc(CCCCC)cc(CCCCC)c2)c1.[Ni]. The first kappa shape index (κ1) is 41.3. The van der Waals surface area contributed by atoms with Crippen molar-refractivity contribution in [3.8, 4) is 0 Å². The molecule has 0 heterocycles. The molecule has 0 saturated heterocycles. The molecule has 0 atom stereocenters. The van der Waals surface area contributed by atoms with Crippen LogP contribution in [-0.4, -0.2) is 11.4 Å². The van der Waals surface area contributed by atoms with Crippen molar-refractivity contribution < 1.29 is 16.5 Å². The van der Waals surface area contributed by atoms with Gasteiger partial charge in [0.15, 0.2) is 0 Å². The zero-order chi connectivity index (χ0) is 31.8. The van der Waals surface area contributed by atoms with Crippen molar-refractivity contribution in [3.63, 3.8) is 0 Å². The van der Waals surface area contributed by atoms with Gasteiger partial charge in [-0.3, -0.25) is 9.98 Å². The Balaban J connectivity index is 0.0000101. The molecule has 0 unspecified atom stereocenters. The molecule has 0 aliphatic heterocycles. The predicted molar refractivity (Wildman–Crippen MR) is 199 cm³/mol. The molecule has 0 amide bonds. The van der Waals surface area contributed by atoms with E-state index in [2.05, 4.69) is 77.9 Å². The van der Waals surface area contributed by atoms with Crippen LogP contribution in [0.4, 0.5) is 11.4 Å². The fourth-order valence-corrected chi connectivity index (χ4v) is 6.04. The first-order valence-electron chi connectivity index (χ1n) is 19.0. The maximum Gasteiger partial charge on any atom is 0.0639 e. The average molecular weight is 660 g/mol. The molecule has 0 fully saturated rings. The van der Waals surface area contributed by atoms with Gasteiger partial charge in [-0.25, -0.2) is 0 Å². The van der Waals surface area contributed by atoms with Crippen molar-refractivity contribution in [3.05, 3.63) is 58.7 Å². The Hall–Kier alpha value is -1.73. The fraction of sp³-hybridized carbons (Fsp3) is 0.667. The Kier molecular flexibility index (Phi) is 24.2. The number of nitrogens with zero attached hydrogens (tertiary/aromatic N) is 2. The fourth-order valence-electron chi connectivity index (χ4n) is 6.04. The molecule has 0 aliphatic carbocycles. The number of hydrogen-bond acceptors (Lipinski definition) is 2. The zero-order valence-electron chi connectivity index (χ0n) is 30.2. The van der Waals surface area contributed by atoms with Gasteiger partial charge >= 0.3 is 0 Å². The van der Waals surface area contributed by atoms with E-state index in [0.717, 1.165) is 62.7 Å². The summed E-state index contributed by atoms with van der Waals surface area (Å²) in [7, 11) is 0. The van der Waals surface area contributed by atoms with Crippen molar-refractivity contribution in [2.24, 2.45) is 9.98 Å². The van der Waals surface area contributed by atoms with Crippen LogP contribution < -0.4 is 0 Å². The van der Waals surface area contributed by atoms with Crippen molar-refractivity contribution in [1.82, 2.24) is 0 Å². The maximum atomic E-state index is 5.48. The van der Waals surface area contributed by atoms with Crippen molar-refractivity contribution >= 4 is 22.8 Å². The molecule has 0 saturated carbocycles. The van der Waals surface area contributed by atoms with E-state index < -0.39 is 0 Å². The summed E-state index contributed by atoms with van der Waals surface area (Å²) in [6.45, 7) is 13.8. The first-order valence-corrected chi connectivity index (χ1v) is 19.0. The second kappa shape index (κ2) is 26.4. The van der Waals surface area contributed by atoms with Crippen molar-refractivity contribution in [1.29, 1.82) is 0 Å². The molecule has 256 valence electrons. The van der Waals surface area contributed by atoms with Gasteiger partial charge in [0.05, 0.1) is 22.8 Å². The summed E-state index contributed by atoms with van der Waals surface area (Å²) in [6, 6.07) is 14.4. The summed E-state index contributed by atoms with van der Waals surface area (Å²) in [5.74, 6) is 0. The number of benzene rings is 2. The van der Waals surface area contributed by atoms with E-state index in [9.17, 15) is 0 Å². The first-order chi connectivity index (χ1) is 21.6. The monoisotopic (exact) mass is 658 g/mol. The summed E-state index contributed by atoms with van der Waals surface area (Å²) in [5, 5.41) is 0. The molecule has 0 N–H and O–H groups in total. The molecule has 2 aromatic carbocycles. The molecule has 0 aliphatic rings. The normalized spacial score (nSPS) is 12.0. The third-order valence-corrected chi connectivity index (χ3v) is 8.75. The number of aliphatic imine (C=N–C) groups is 2. The Morgan fingerprint density at radius 1 is 0.378 bits per heavy atom. The molecule has 2 nitrogen and oxygen atoms in total. The Morgan fingerprint density at radius 2 is 0.644 bits per heavy atom. The molecule has 45 heavy (non-hydrogen) atoms. The van der Waals surface area contributed by atoms with Crippen LogP contribution in [0.5, 0.6) is 0 Å².